The van der Waals surface area contributed by atoms with Crippen LogP contribution in [-0.2, 0) is 58.6 Å². The Bertz CT molecular complexity index is 5680. The van der Waals surface area contributed by atoms with E-state index in [-0.39, 0.29) is 109 Å². The number of aromatic nitrogens is 3. The molecule has 0 bridgehead atoms. The second-order valence-corrected chi connectivity index (χ2v) is 40.1. The molecule has 702 valence electrons. The number of hydrogen-bond donors (Lipinski definition) is 10. The lowest BCUT2D eigenvalue weighted by Gasteiger charge is -2.12. The Morgan fingerprint density at radius 1 is 0.449 bits per heavy atom. The molecular formula is C75H86Br2Cl8F6N12O18S6. The Labute approximate surface area is 791 Å². The van der Waals surface area contributed by atoms with Crippen LogP contribution in [0.5, 0.6) is 0 Å². The van der Waals surface area contributed by atoms with Crippen LogP contribution in [0.15, 0.2) is 131 Å². The average molecular weight is 2190 g/mol. The molecule has 3 heterocycles. The van der Waals surface area contributed by atoms with Crippen LogP contribution < -0.4 is 47.1 Å². The Morgan fingerprint density at radius 2 is 0.795 bits per heavy atom. The number of rotatable bonds is 26. The van der Waals surface area contributed by atoms with Gasteiger partial charge in [-0.25, -0.2) is 97.8 Å². The number of hydrogen-bond acceptors (Lipinski definition) is 25. The highest BCUT2D eigenvalue weighted by atomic mass is 79.9. The van der Waals surface area contributed by atoms with Crippen molar-refractivity contribution >= 4 is 264 Å². The molecule has 0 aliphatic carbocycles. The quantitative estimate of drug-likeness (QED) is 0.00791. The number of aromatic carboxylic acids is 1. The lowest BCUT2D eigenvalue weighted by molar-refractivity contribution is 0.0511. The molecule has 9 rings (SSSR count). The maximum absolute atomic E-state index is 14.6. The van der Waals surface area contributed by atoms with Gasteiger partial charge < -0.3 is 42.8 Å². The van der Waals surface area contributed by atoms with Gasteiger partial charge in [-0.3, -0.25) is 28.5 Å². The van der Waals surface area contributed by atoms with Gasteiger partial charge in [0.05, 0.1) is 136 Å². The van der Waals surface area contributed by atoms with E-state index < -0.39 is 141 Å². The number of ether oxygens (including phenoxy) is 2. The fraction of sp³-hybridized carbons (Fsp3) is 0.280. The molecule has 0 spiro atoms. The zero-order valence-electron chi connectivity index (χ0n) is 67.1. The van der Waals surface area contributed by atoms with Gasteiger partial charge in [-0.1, -0.05) is 112 Å². The third kappa shape index (κ3) is 44.3. The molecule has 0 saturated carbocycles. The Kier molecular flexibility index (Phi) is 54.0. The van der Waals surface area contributed by atoms with Gasteiger partial charge in [0.1, 0.15) is 31.7 Å². The van der Waals surface area contributed by atoms with Crippen LogP contribution in [0.1, 0.15) is 145 Å². The third-order valence-corrected chi connectivity index (χ3v) is 24.8. The third-order valence-electron chi connectivity index (χ3n) is 13.8. The number of carbonyl (C=O) groups is 5. The van der Waals surface area contributed by atoms with Gasteiger partial charge >= 0.3 is 17.9 Å². The molecule has 3 aromatic heterocycles. The maximum atomic E-state index is 14.6. The van der Waals surface area contributed by atoms with Gasteiger partial charge in [0.15, 0.2) is 34.2 Å². The minimum atomic E-state index is -3.71. The first-order valence-electron chi connectivity index (χ1n) is 35.6. The van der Waals surface area contributed by atoms with E-state index in [9.17, 15) is 92.4 Å². The number of carboxylic acids is 1. The standard InChI is InChI=1S/C15H14BrClFN3O3S.C12H15ClFNO4S.C10H10Cl2FNO3S.C10H11ClFNO4S.C9H9ClFNO2.C6H5ClFN.C5H5BrN2.C4H6N2S.C3H7ClO2S.CH4/c1-2-7-25(23,24)21-11-5-4-10(17)13(14(11)18)15(22)20-9-3-6-12(16)19-8-9;1-3-7-20(17,18)15-9-6-5-8(13)10(11(9)14)12(16)19-4-2;1-2-5-18(16,17)14-7-4-3-6(11)8(9(7)13)10(12)15;1-2-5-18(16,17)13-7-4-3-6(11)8(9(7)12)10(14)15;1-2-14-9(13)7-5(10)3-4-6(12)8(7)11;7-4-1-2-6(9)5(8)3-4;6-5-2-1-4(7)3-8-5;1-3-2-6-4(5)7-3;1-2-3-7(4,5)6;/h3-6,8,21H,2,7H2,1H3,(H,20,22);5-6,15H,3-4,7H2,1-2H3;3-4,14H,2,5H2,1H3;3-4,13H,2,5H2,1H3,(H,14,15);3-4H,2,12H2,1H3;1-3H,9H2;1-3H,7H2;2H,1H3,(H2,5,6);2-3H2,1H3;1H4. The number of benzene rings is 6. The lowest BCUT2D eigenvalue weighted by atomic mass is 10.1. The molecular weight excluding hydrogens is 2110 g/mol. The van der Waals surface area contributed by atoms with Crippen LogP contribution in [-0.4, -0.2) is 133 Å². The number of halogens is 16. The molecule has 0 aliphatic rings. The van der Waals surface area contributed by atoms with Crippen molar-refractivity contribution in [3.8, 4) is 0 Å². The highest BCUT2D eigenvalue weighted by Crippen LogP contribution is 2.33. The van der Waals surface area contributed by atoms with Gasteiger partial charge in [0.25, 0.3) is 11.1 Å². The summed E-state index contributed by atoms with van der Waals surface area (Å²) in [4.78, 5) is 69.7. The number of carbonyl (C=O) groups excluding carboxylic acids is 4. The second-order valence-electron chi connectivity index (χ2n) is 24.1. The molecule has 127 heavy (non-hydrogen) atoms. The van der Waals surface area contributed by atoms with Gasteiger partial charge in [-0.05, 0) is 199 Å². The SMILES string of the molecule is C.CCCS(=O)(=O)Cl.CCCS(=O)(=O)Nc1ccc(Cl)c(C(=O)Cl)c1F.CCCS(=O)(=O)Nc1ccc(Cl)c(C(=O)Nc2ccc(Br)nc2)c1F.CCCS(=O)(=O)Nc1ccc(Cl)c(C(=O)O)c1F.CCCS(=O)(=O)Nc1ccc(Cl)c(C(=O)OCC)c1F.CCOC(=O)c1c(Cl)ccc(N)c1F.Cc1cnc(N)s1.Nc1ccc(Br)nc1.Nc1ccc(Cl)cc1F. The molecule has 0 aliphatic heterocycles. The molecule has 0 saturated heterocycles. The van der Waals surface area contributed by atoms with Gasteiger partial charge in [-0.2, -0.15) is 0 Å². The van der Waals surface area contributed by atoms with Gasteiger partial charge in [-0.15, -0.1) is 11.3 Å². The first kappa shape index (κ1) is 119. The van der Waals surface area contributed by atoms with Crippen molar-refractivity contribution in [1.29, 1.82) is 0 Å². The first-order valence-corrected chi connectivity index (χ1v) is 49.7. The van der Waals surface area contributed by atoms with Crippen LogP contribution in [0.4, 0.5) is 77.0 Å². The summed E-state index contributed by atoms with van der Waals surface area (Å²) >= 11 is 46.9. The lowest BCUT2D eigenvalue weighted by Crippen LogP contribution is -2.20. The van der Waals surface area contributed by atoms with Gasteiger partial charge in [0.2, 0.25) is 49.1 Å². The van der Waals surface area contributed by atoms with Crippen LogP contribution in [0.25, 0.3) is 0 Å². The predicted molar refractivity (Wildman–Crippen MR) is 501 cm³/mol. The van der Waals surface area contributed by atoms with E-state index in [1.165, 1.54) is 66.1 Å². The zero-order chi connectivity index (χ0) is 96.5. The van der Waals surface area contributed by atoms with E-state index in [0.717, 1.165) is 33.7 Å². The molecule has 9 aromatic rings. The Balaban J connectivity index is 0.00000145. The van der Waals surface area contributed by atoms with Crippen molar-refractivity contribution in [3.63, 3.8) is 0 Å². The van der Waals surface area contributed by atoms with Crippen LogP contribution in [0, 0.1) is 41.8 Å². The molecule has 0 atom stereocenters. The number of nitrogens with one attached hydrogen (secondary N) is 5. The molecule has 0 fully saturated rings. The molecule has 30 nitrogen and oxygen atoms in total. The summed E-state index contributed by atoms with van der Waals surface area (Å²) in [5, 5.41) is 10.4. The van der Waals surface area contributed by atoms with Crippen molar-refractivity contribution < 1.29 is 107 Å². The number of nitrogens with zero attached hydrogens (tertiary/aromatic N) is 3. The van der Waals surface area contributed by atoms with Crippen LogP contribution in [0.3, 0.4) is 0 Å². The van der Waals surface area contributed by atoms with Crippen molar-refractivity contribution in [2.24, 2.45) is 0 Å². The van der Waals surface area contributed by atoms with E-state index in [1.807, 2.05) is 16.4 Å². The van der Waals surface area contributed by atoms with E-state index in [1.54, 1.807) is 91.2 Å². The summed E-state index contributed by atoms with van der Waals surface area (Å²) < 4.78 is 214. The largest absolute Gasteiger partial charge is 0.478 e. The first-order chi connectivity index (χ1) is 58.5. The highest BCUT2D eigenvalue weighted by molar-refractivity contribution is 9.10. The summed E-state index contributed by atoms with van der Waals surface area (Å²) in [6.07, 6.45) is 6.82. The summed E-state index contributed by atoms with van der Waals surface area (Å²) in [5.41, 5.74) is 18.1. The van der Waals surface area contributed by atoms with Crippen LogP contribution in [0.2, 0.25) is 30.1 Å². The summed E-state index contributed by atoms with van der Waals surface area (Å²) in [6, 6.07) is 22.9. The highest BCUT2D eigenvalue weighted by Gasteiger charge is 2.27. The molecule has 6 aromatic carbocycles. The number of thiazole rings is 1. The number of anilines is 9. The number of carboxylic acid groups (broad SMARTS) is 1. The predicted octanol–water partition coefficient (Wildman–Crippen LogP) is 20.5. The fourth-order valence-corrected chi connectivity index (χ4v) is 16.6. The van der Waals surface area contributed by atoms with Crippen molar-refractivity contribution in [2.45, 2.75) is 94.9 Å². The number of pyridine rings is 2. The number of esters is 2. The summed E-state index contributed by atoms with van der Waals surface area (Å²) in [7, 11) is -13.1. The van der Waals surface area contributed by atoms with Gasteiger partial charge in [0, 0.05) is 26.8 Å². The average Bonchev–Trinajstić information content (AvgIpc) is 1.84. The number of aryl methyl sites for hydroxylation is 1. The number of nitrogen functional groups attached to an aromatic ring is 4. The molecule has 14 N–H and O–H groups in total. The van der Waals surface area contributed by atoms with E-state index in [4.69, 9.17) is 120 Å². The minimum absolute atomic E-state index is 0. The van der Waals surface area contributed by atoms with E-state index in [0.29, 0.717) is 58.2 Å². The molecule has 0 unspecified atom stereocenters. The summed E-state index contributed by atoms with van der Waals surface area (Å²) in [6.45, 7) is 13.8. The van der Waals surface area contributed by atoms with E-state index >= 15 is 0 Å². The Morgan fingerprint density at radius 3 is 1.09 bits per heavy atom. The molecule has 52 heteroatoms. The monoisotopic (exact) mass is 2190 g/mol. The van der Waals surface area contributed by atoms with Crippen LogP contribution >= 0.6 is 135 Å². The molecule has 0 radical (unpaired) electrons. The normalized spacial score (nSPS) is 10.7. The van der Waals surface area contributed by atoms with Crippen molar-refractivity contribution in [1.82, 2.24) is 15.0 Å². The topological polar surface area (TPSA) is 498 Å². The second kappa shape index (κ2) is 57.8. The smallest absolute Gasteiger partial charge is 0.342 e. The Hall–Kier alpha value is -8.19. The van der Waals surface area contributed by atoms with Crippen molar-refractivity contribution in [2.75, 3.05) is 89.1 Å². The number of sulfonamides is 4. The maximum Gasteiger partial charge on any atom is 0.342 e. The zero-order valence-corrected chi connectivity index (χ0v) is 81.2. The van der Waals surface area contributed by atoms with Crippen molar-refractivity contribution in [3.05, 3.63) is 229 Å². The fourth-order valence-electron chi connectivity index (χ4n) is 8.56. The molecule has 1 amide bonds. The minimum Gasteiger partial charge on any atom is -0.478 e. The number of nitrogens with two attached hydrogens (primary N) is 4. The van der Waals surface area contributed by atoms with E-state index in [2.05, 4.69) is 71.0 Å². The summed E-state index contributed by atoms with van der Waals surface area (Å²) in [5.74, 6) is -10.4. The number of amides is 1.